The molecule has 0 aromatic heterocycles. The number of hydrogen-bond donors (Lipinski definition) is 0. The average Bonchev–Trinajstić information content (AvgIpc) is 2.61. The summed E-state index contributed by atoms with van der Waals surface area (Å²) < 4.78 is 0. The van der Waals surface area contributed by atoms with Crippen molar-refractivity contribution in [2.45, 2.75) is 44.4 Å². The molecule has 2 aromatic rings. The van der Waals surface area contributed by atoms with Crippen LogP contribution in [-0.4, -0.2) is 6.29 Å². The molecule has 1 atom stereocenters. The molecule has 0 aliphatic rings. The number of benzene rings is 2. The number of thioether (sulfide) groups is 1. The van der Waals surface area contributed by atoms with E-state index in [4.69, 9.17) is 0 Å². The molecule has 2 rings (SSSR count). The first-order valence-electron chi connectivity index (χ1n) is 8.67. The third-order valence-corrected chi connectivity index (χ3v) is 5.25. The standard InChI is InChI=1S/C22H26OS/c1-3-4-10-20(15-16-23)22(17-19-8-6-5-7-9-19)24-21-13-11-18(2)12-14-21/h5-9,11-14,16-17,20H,3-4,10,15H2,1-2H3/b22-17+. The molecule has 0 amide bonds. The molecule has 0 saturated carbocycles. The van der Waals surface area contributed by atoms with E-state index in [0.717, 1.165) is 25.5 Å². The SMILES string of the molecule is CCCCC(CC=O)/C(=C\c1ccccc1)Sc1ccc(C)cc1. The van der Waals surface area contributed by atoms with Crippen molar-refractivity contribution >= 4 is 24.1 Å². The summed E-state index contributed by atoms with van der Waals surface area (Å²) in [6.07, 6.45) is 7.27. The van der Waals surface area contributed by atoms with Crippen LogP contribution in [-0.2, 0) is 4.79 Å². The Balaban J connectivity index is 2.29. The van der Waals surface area contributed by atoms with E-state index in [1.165, 1.54) is 20.9 Å². The Kier molecular flexibility index (Phi) is 7.84. The number of aryl methyl sites for hydroxylation is 1. The van der Waals surface area contributed by atoms with Gasteiger partial charge in [-0.05, 0) is 47.9 Å². The first-order chi connectivity index (χ1) is 11.7. The van der Waals surface area contributed by atoms with Gasteiger partial charge in [0.05, 0.1) is 0 Å². The molecule has 2 aromatic carbocycles. The predicted molar refractivity (Wildman–Crippen MR) is 105 cm³/mol. The van der Waals surface area contributed by atoms with E-state index in [1.54, 1.807) is 11.8 Å². The number of rotatable bonds is 9. The Morgan fingerprint density at radius 2 is 1.79 bits per heavy atom. The van der Waals surface area contributed by atoms with E-state index in [0.29, 0.717) is 12.3 Å². The number of aldehydes is 1. The van der Waals surface area contributed by atoms with Crippen molar-refractivity contribution in [3.8, 4) is 0 Å². The molecule has 0 aliphatic heterocycles. The zero-order valence-electron chi connectivity index (χ0n) is 14.6. The lowest BCUT2D eigenvalue weighted by atomic mass is 9.97. The van der Waals surface area contributed by atoms with E-state index < -0.39 is 0 Å². The minimum atomic E-state index is 0.300. The molecule has 24 heavy (non-hydrogen) atoms. The normalized spacial score (nSPS) is 12.8. The van der Waals surface area contributed by atoms with E-state index in [2.05, 4.69) is 68.5 Å². The van der Waals surface area contributed by atoms with Gasteiger partial charge in [0.15, 0.2) is 0 Å². The average molecular weight is 339 g/mol. The van der Waals surface area contributed by atoms with Gasteiger partial charge in [0, 0.05) is 11.3 Å². The maximum Gasteiger partial charge on any atom is 0.120 e. The molecule has 0 spiro atoms. The number of unbranched alkanes of at least 4 members (excludes halogenated alkanes) is 1. The summed E-state index contributed by atoms with van der Waals surface area (Å²) in [5, 5.41) is 0. The van der Waals surface area contributed by atoms with E-state index in [-0.39, 0.29) is 0 Å². The number of carbonyl (C=O) groups excluding carboxylic acids is 1. The van der Waals surface area contributed by atoms with E-state index in [9.17, 15) is 4.79 Å². The molecule has 0 N–H and O–H groups in total. The summed E-state index contributed by atoms with van der Waals surface area (Å²) in [4.78, 5) is 13.7. The first-order valence-corrected chi connectivity index (χ1v) is 9.49. The molecule has 0 bridgehead atoms. The number of allylic oxidation sites excluding steroid dienone is 1. The fourth-order valence-corrected chi connectivity index (χ4v) is 3.75. The Morgan fingerprint density at radius 1 is 1.08 bits per heavy atom. The van der Waals surface area contributed by atoms with Crippen LogP contribution < -0.4 is 0 Å². The zero-order valence-corrected chi connectivity index (χ0v) is 15.4. The van der Waals surface area contributed by atoms with Crippen LogP contribution in [0.1, 0.15) is 43.7 Å². The van der Waals surface area contributed by atoms with Crippen LogP contribution in [0.15, 0.2) is 64.4 Å². The second kappa shape index (κ2) is 10.1. The van der Waals surface area contributed by atoms with Crippen LogP contribution in [0.3, 0.4) is 0 Å². The molecule has 0 saturated heterocycles. The molecule has 2 heteroatoms. The maximum absolute atomic E-state index is 11.2. The van der Waals surface area contributed by atoms with Gasteiger partial charge in [-0.25, -0.2) is 0 Å². The highest BCUT2D eigenvalue weighted by Crippen LogP contribution is 2.37. The second-order valence-corrected chi connectivity index (χ2v) is 7.26. The van der Waals surface area contributed by atoms with Gasteiger partial charge in [-0.2, -0.15) is 0 Å². The van der Waals surface area contributed by atoms with Crippen LogP contribution in [0.4, 0.5) is 0 Å². The van der Waals surface area contributed by atoms with E-state index in [1.807, 2.05) is 6.07 Å². The topological polar surface area (TPSA) is 17.1 Å². The molecule has 0 fully saturated rings. The van der Waals surface area contributed by atoms with Crippen molar-refractivity contribution in [2.75, 3.05) is 0 Å². The van der Waals surface area contributed by atoms with Crippen molar-refractivity contribution in [1.29, 1.82) is 0 Å². The Hall–Kier alpha value is -1.80. The highest BCUT2D eigenvalue weighted by atomic mass is 32.2. The van der Waals surface area contributed by atoms with Crippen molar-refractivity contribution < 1.29 is 4.79 Å². The Labute approximate surface area is 150 Å². The molecule has 0 aliphatic carbocycles. The van der Waals surface area contributed by atoms with Gasteiger partial charge in [0.1, 0.15) is 6.29 Å². The summed E-state index contributed by atoms with van der Waals surface area (Å²) in [5.41, 5.74) is 2.46. The second-order valence-electron chi connectivity index (χ2n) is 6.11. The minimum Gasteiger partial charge on any atom is -0.303 e. The van der Waals surface area contributed by atoms with Crippen LogP contribution in [0, 0.1) is 12.8 Å². The van der Waals surface area contributed by atoms with Gasteiger partial charge in [-0.1, -0.05) is 79.6 Å². The summed E-state index contributed by atoms with van der Waals surface area (Å²) in [5.74, 6) is 0.300. The largest absolute Gasteiger partial charge is 0.303 e. The van der Waals surface area contributed by atoms with Crippen molar-refractivity contribution in [1.82, 2.24) is 0 Å². The smallest absolute Gasteiger partial charge is 0.120 e. The lowest BCUT2D eigenvalue weighted by molar-refractivity contribution is -0.108. The van der Waals surface area contributed by atoms with Crippen molar-refractivity contribution in [3.05, 3.63) is 70.6 Å². The van der Waals surface area contributed by atoms with Crippen molar-refractivity contribution in [3.63, 3.8) is 0 Å². The molecule has 126 valence electrons. The van der Waals surface area contributed by atoms with Crippen LogP contribution >= 0.6 is 11.8 Å². The van der Waals surface area contributed by atoms with Gasteiger partial charge in [0.2, 0.25) is 0 Å². The van der Waals surface area contributed by atoms with Crippen LogP contribution in [0.5, 0.6) is 0 Å². The fraction of sp³-hybridized carbons (Fsp3) is 0.318. The quantitative estimate of drug-likeness (QED) is 0.382. The van der Waals surface area contributed by atoms with Crippen LogP contribution in [0.2, 0.25) is 0 Å². The lowest BCUT2D eigenvalue weighted by Gasteiger charge is -2.18. The first kappa shape index (κ1) is 18.5. The van der Waals surface area contributed by atoms with Gasteiger partial charge in [0.25, 0.3) is 0 Å². The predicted octanol–water partition coefficient (Wildman–Crippen LogP) is 6.52. The van der Waals surface area contributed by atoms with E-state index >= 15 is 0 Å². The summed E-state index contributed by atoms with van der Waals surface area (Å²) >= 11 is 1.79. The van der Waals surface area contributed by atoms with Gasteiger partial charge in [-0.3, -0.25) is 0 Å². The maximum atomic E-state index is 11.2. The van der Waals surface area contributed by atoms with Crippen LogP contribution in [0.25, 0.3) is 6.08 Å². The third-order valence-electron chi connectivity index (χ3n) is 4.05. The van der Waals surface area contributed by atoms with Gasteiger partial charge < -0.3 is 4.79 Å². The molecule has 1 nitrogen and oxygen atoms in total. The zero-order chi connectivity index (χ0) is 17.2. The van der Waals surface area contributed by atoms with Crippen molar-refractivity contribution in [2.24, 2.45) is 5.92 Å². The molecule has 1 unspecified atom stereocenters. The molecule has 0 radical (unpaired) electrons. The summed E-state index contributed by atoms with van der Waals surface area (Å²) in [6.45, 7) is 4.30. The van der Waals surface area contributed by atoms with Gasteiger partial charge >= 0.3 is 0 Å². The highest BCUT2D eigenvalue weighted by molar-refractivity contribution is 8.03. The Bertz CT molecular complexity index is 643. The van der Waals surface area contributed by atoms with Gasteiger partial charge in [-0.15, -0.1) is 0 Å². The monoisotopic (exact) mass is 338 g/mol. The minimum absolute atomic E-state index is 0.300. The highest BCUT2D eigenvalue weighted by Gasteiger charge is 2.15. The molecular weight excluding hydrogens is 312 g/mol. The fourth-order valence-electron chi connectivity index (χ4n) is 2.63. The molecule has 0 heterocycles. The summed E-state index contributed by atoms with van der Waals surface area (Å²) in [7, 11) is 0. The Morgan fingerprint density at radius 3 is 2.42 bits per heavy atom. The number of carbonyl (C=O) groups is 1. The number of hydrogen-bond acceptors (Lipinski definition) is 2. The summed E-state index contributed by atoms with van der Waals surface area (Å²) in [6, 6.07) is 19.0. The molecular formula is C22H26OS. The lowest BCUT2D eigenvalue weighted by Crippen LogP contribution is -2.03. The third kappa shape index (κ3) is 6.01.